The second-order valence-corrected chi connectivity index (χ2v) is 7.12. The van der Waals surface area contributed by atoms with Crippen LogP contribution in [0.4, 0.5) is 0 Å². The smallest absolute Gasteiger partial charge is 0.222 e. The van der Waals surface area contributed by atoms with E-state index in [0.29, 0.717) is 17.7 Å². The molecule has 1 spiro atoms. The zero-order valence-corrected chi connectivity index (χ0v) is 15.0. The fourth-order valence-corrected chi connectivity index (χ4v) is 3.85. The summed E-state index contributed by atoms with van der Waals surface area (Å²) in [6.45, 7) is 6.33. The van der Waals surface area contributed by atoms with E-state index >= 15 is 0 Å². The molecular formula is C19H29ClN2O. The highest BCUT2D eigenvalue weighted by Gasteiger charge is 2.36. The number of halogens is 1. The lowest BCUT2D eigenvalue weighted by Gasteiger charge is -2.44. The van der Waals surface area contributed by atoms with Crippen molar-refractivity contribution in [2.24, 2.45) is 5.41 Å². The maximum absolute atomic E-state index is 12.4. The molecule has 3 rings (SSSR count). The molecule has 4 heteroatoms. The molecule has 1 amide bonds. The topological polar surface area (TPSA) is 32.3 Å². The summed E-state index contributed by atoms with van der Waals surface area (Å²) in [7, 11) is 0. The molecule has 1 aromatic carbocycles. The van der Waals surface area contributed by atoms with E-state index < -0.39 is 0 Å². The van der Waals surface area contributed by atoms with E-state index in [2.05, 4.69) is 41.4 Å². The van der Waals surface area contributed by atoms with Crippen LogP contribution in [0.2, 0.25) is 0 Å². The van der Waals surface area contributed by atoms with Crippen LogP contribution in [0.3, 0.4) is 0 Å². The van der Waals surface area contributed by atoms with Gasteiger partial charge >= 0.3 is 0 Å². The predicted molar refractivity (Wildman–Crippen MR) is 97.1 cm³/mol. The minimum atomic E-state index is 0. The Hall–Kier alpha value is -1.06. The van der Waals surface area contributed by atoms with Crippen molar-refractivity contribution in [1.29, 1.82) is 0 Å². The number of amides is 1. The van der Waals surface area contributed by atoms with Crippen molar-refractivity contribution in [1.82, 2.24) is 10.2 Å². The molecular weight excluding hydrogens is 308 g/mol. The lowest BCUT2D eigenvalue weighted by molar-refractivity contribution is -0.133. The third-order valence-corrected chi connectivity index (χ3v) is 5.59. The molecule has 0 radical (unpaired) electrons. The van der Waals surface area contributed by atoms with Gasteiger partial charge in [0, 0.05) is 19.5 Å². The first-order valence-electron chi connectivity index (χ1n) is 8.71. The van der Waals surface area contributed by atoms with Crippen LogP contribution in [0, 0.1) is 12.3 Å². The third-order valence-electron chi connectivity index (χ3n) is 5.59. The fourth-order valence-electron chi connectivity index (χ4n) is 3.85. The molecule has 1 aromatic rings. The van der Waals surface area contributed by atoms with Gasteiger partial charge in [-0.3, -0.25) is 4.79 Å². The second-order valence-electron chi connectivity index (χ2n) is 7.12. The van der Waals surface area contributed by atoms with Crippen molar-refractivity contribution < 1.29 is 4.79 Å². The van der Waals surface area contributed by atoms with Gasteiger partial charge in [-0.25, -0.2) is 0 Å². The van der Waals surface area contributed by atoms with E-state index in [1.807, 2.05) is 0 Å². The van der Waals surface area contributed by atoms with Gasteiger partial charge in [0.05, 0.1) is 0 Å². The number of likely N-dealkylation sites (tertiary alicyclic amines) is 1. The van der Waals surface area contributed by atoms with Crippen LogP contribution in [0.1, 0.15) is 43.2 Å². The molecule has 2 aliphatic rings. The Morgan fingerprint density at radius 3 is 2.30 bits per heavy atom. The summed E-state index contributed by atoms with van der Waals surface area (Å²) in [5, 5.41) is 3.45. The number of aryl methyl sites for hydroxylation is 2. The second kappa shape index (κ2) is 8.16. The van der Waals surface area contributed by atoms with Crippen LogP contribution in [-0.4, -0.2) is 37.0 Å². The fraction of sp³-hybridized carbons (Fsp3) is 0.632. The van der Waals surface area contributed by atoms with Crippen molar-refractivity contribution in [3.63, 3.8) is 0 Å². The quantitative estimate of drug-likeness (QED) is 0.918. The number of rotatable bonds is 3. The Bertz CT molecular complexity index is 499. The molecule has 0 aromatic heterocycles. The van der Waals surface area contributed by atoms with E-state index in [0.717, 1.165) is 32.6 Å². The van der Waals surface area contributed by atoms with Gasteiger partial charge in [-0.05, 0) is 63.1 Å². The maximum atomic E-state index is 12.4. The number of nitrogens with zero attached hydrogens (tertiary/aromatic N) is 1. The van der Waals surface area contributed by atoms with Crippen LogP contribution in [0.25, 0.3) is 0 Å². The average Bonchev–Trinajstić information content (AvgIpc) is 2.55. The molecule has 0 saturated carbocycles. The van der Waals surface area contributed by atoms with Crippen LogP contribution >= 0.6 is 12.4 Å². The molecule has 2 aliphatic heterocycles. The summed E-state index contributed by atoms with van der Waals surface area (Å²) in [6, 6.07) is 8.54. The molecule has 23 heavy (non-hydrogen) atoms. The SMILES string of the molecule is Cc1ccc(CCC(=O)N2CCC3(CCNCC3)CC2)cc1.Cl. The van der Waals surface area contributed by atoms with E-state index in [4.69, 9.17) is 0 Å². The van der Waals surface area contributed by atoms with E-state index in [9.17, 15) is 4.79 Å². The molecule has 3 nitrogen and oxygen atoms in total. The zero-order valence-electron chi connectivity index (χ0n) is 14.1. The monoisotopic (exact) mass is 336 g/mol. The zero-order chi connectivity index (χ0) is 15.4. The number of nitrogens with one attached hydrogen (secondary N) is 1. The van der Waals surface area contributed by atoms with Crippen molar-refractivity contribution in [2.45, 2.75) is 45.4 Å². The molecule has 1 N–H and O–H groups in total. The number of benzene rings is 1. The van der Waals surface area contributed by atoms with Crippen LogP contribution in [0.15, 0.2) is 24.3 Å². The van der Waals surface area contributed by atoms with Gasteiger partial charge in [-0.1, -0.05) is 29.8 Å². The highest BCUT2D eigenvalue weighted by Crippen LogP contribution is 2.39. The molecule has 2 saturated heterocycles. The van der Waals surface area contributed by atoms with Gasteiger partial charge in [0.15, 0.2) is 0 Å². The largest absolute Gasteiger partial charge is 0.343 e. The number of hydrogen-bond acceptors (Lipinski definition) is 2. The lowest BCUT2D eigenvalue weighted by atomic mass is 9.71. The first kappa shape index (κ1) is 18.3. The molecule has 0 unspecified atom stereocenters. The van der Waals surface area contributed by atoms with Gasteiger partial charge in [-0.2, -0.15) is 0 Å². The Kier molecular flexibility index (Phi) is 6.49. The standard InChI is InChI=1S/C19H28N2O.ClH/c1-16-2-4-17(5-3-16)6-7-18(22)21-14-10-19(11-15-21)8-12-20-13-9-19;/h2-5,20H,6-15H2,1H3;1H. The molecule has 0 aliphatic carbocycles. The van der Waals surface area contributed by atoms with Crippen LogP contribution in [-0.2, 0) is 11.2 Å². The number of carbonyl (C=O) groups is 1. The predicted octanol–water partition coefficient (Wildman–Crippen LogP) is 3.34. The van der Waals surface area contributed by atoms with Gasteiger partial charge in [0.25, 0.3) is 0 Å². The molecule has 128 valence electrons. The summed E-state index contributed by atoms with van der Waals surface area (Å²) in [4.78, 5) is 14.5. The summed E-state index contributed by atoms with van der Waals surface area (Å²) in [5.74, 6) is 0.337. The van der Waals surface area contributed by atoms with Gasteiger partial charge in [0.1, 0.15) is 0 Å². The normalized spacial score (nSPS) is 20.1. The summed E-state index contributed by atoms with van der Waals surface area (Å²) in [6.07, 6.45) is 6.50. The van der Waals surface area contributed by atoms with Crippen molar-refractivity contribution in [3.8, 4) is 0 Å². The first-order chi connectivity index (χ1) is 10.7. The maximum Gasteiger partial charge on any atom is 0.222 e. The molecule has 2 heterocycles. The molecule has 2 fully saturated rings. The van der Waals surface area contributed by atoms with E-state index in [-0.39, 0.29) is 12.4 Å². The van der Waals surface area contributed by atoms with Gasteiger partial charge in [-0.15, -0.1) is 12.4 Å². The van der Waals surface area contributed by atoms with Crippen molar-refractivity contribution >= 4 is 18.3 Å². The third kappa shape index (κ3) is 4.71. The van der Waals surface area contributed by atoms with Crippen LogP contribution in [0.5, 0.6) is 0 Å². The molecule has 0 atom stereocenters. The molecule has 0 bridgehead atoms. The van der Waals surface area contributed by atoms with E-state index in [1.54, 1.807) is 0 Å². The minimum Gasteiger partial charge on any atom is -0.343 e. The minimum absolute atomic E-state index is 0. The Balaban J connectivity index is 0.00000192. The van der Waals surface area contributed by atoms with Gasteiger partial charge in [0.2, 0.25) is 5.91 Å². The number of hydrogen-bond donors (Lipinski definition) is 1. The van der Waals surface area contributed by atoms with Gasteiger partial charge < -0.3 is 10.2 Å². The average molecular weight is 337 g/mol. The van der Waals surface area contributed by atoms with E-state index in [1.165, 1.54) is 36.8 Å². The Morgan fingerprint density at radius 2 is 1.70 bits per heavy atom. The Labute approximate surface area is 146 Å². The van der Waals surface area contributed by atoms with Crippen molar-refractivity contribution in [2.75, 3.05) is 26.2 Å². The number of piperidine rings is 2. The Morgan fingerprint density at radius 1 is 1.09 bits per heavy atom. The summed E-state index contributed by atoms with van der Waals surface area (Å²) in [5.41, 5.74) is 3.07. The summed E-state index contributed by atoms with van der Waals surface area (Å²) < 4.78 is 0. The summed E-state index contributed by atoms with van der Waals surface area (Å²) >= 11 is 0. The number of carbonyl (C=O) groups excluding carboxylic acids is 1. The first-order valence-corrected chi connectivity index (χ1v) is 8.71. The highest BCUT2D eigenvalue weighted by molar-refractivity contribution is 5.85. The van der Waals surface area contributed by atoms with Crippen molar-refractivity contribution in [3.05, 3.63) is 35.4 Å². The highest BCUT2D eigenvalue weighted by atomic mass is 35.5. The lowest BCUT2D eigenvalue weighted by Crippen LogP contribution is -2.47. The van der Waals surface area contributed by atoms with Crippen LogP contribution < -0.4 is 5.32 Å².